The van der Waals surface area contributed by atoms with Crippen LogP contribution in [0.5, 0.6) is 0 Å². The Morgan fingerprint density at radius 1 is 1.14 bits per heavy atom. The van der Waals surface area contributed by atoms with Gasteiger partial charge in [0.2, 0.25) is 10.9 Å². The summed E-state index contributed by atoms with van der Waals surface area (Å²) in [4.78, 5) is 38.5. The van der Waals surface area contributed by atoms with E-state index in [1.807, 2.05) is 29.9 Å². The number of hydrogen-bond donors (Lipinski definition) is 2. The van der Waals surface area contributed by atoms with Crippen molar-refractivity contribution >= 4 is 35.8 Å². The highest BCUT2D eigenvalue weighted by molar-refractivity contribution is 7.96. The molecule has 7 rings (SSSR count). The molecule has 0 saturated heterocycles. The monoisotopic (exact) mass is 616 g/mol. The van der Waals surface area contributed by atoms with Gasteiger partial charge < -0.3 is 19.0 Å². The Bertz CT molecular complexity index is 1690. The third kappa shape index (κ3) is 4.03. The molecule has 4 aliphatic carbocycles. The van der Waals surface area contributed by atoms with Gasteiger partial charge in [-0.2, -0.15) is 5.10 Å². The predicted octanol–water partition coefficient (Wildman–Crippen LogP) is 5.46. The average Bonchev–Trinajstić information content (AvgIpc) is 3.74. The van der Waals surface area contributed by atoms with Crippen molar-refractivity contribution in [3.8, 4) is 5.69 Å². The zero-order valence-corrected chi connectivity index (χ0v) is 25.9. The van der Waals surface area contributed by atoms with Crippen molar-refractivity contribution in [2.24, 2.45) is 28.6 Å². The fourth-order valence-electron chi connectivity index (χ4n) is 9.43. The Hall–Kier alpha value is -3.63. The number of fused-ring (bicyclic) bond motifs is 6. The lowest BCUT2D eigenvalue weighted by atomic mass is 9.45. The summed E-state index contributed by atoms with van der Waals surface area (Å²) in [5.74, 6) is -0.884. The van der Waals surface area contributed by atoms with Crippen molar-refractivity contribution in [3.63, 3.8) is 0 Å². The molecule has 10 heteroatoms. The van der Waals surface area contributed by atoms with Crippen LogP contribution in [0, 0.1) is 28.6 Å². The molecule has 9 nitrogen and oxygen atoms in total. The van der Waals surface area contributed by atoms with Crippen molar-refractivity contribution in [1.29, 1.82) is 0 Å². The number of esters is 2. The summed E-state index contributed by atoms with van der Waals surface area (Å²) in [6, 6.07) is 10.4. The van der Waals surface area contributed by atoms with E-state index in [1.165, 1.54) is 25.0 Å². The van der Waals surface area contributed by atoms with Crippen molar-refractivity contribution in [3.05, 3.63) is 77.0 Å². The van der Waals surface area contributed by atoms with Gasteiger partial charge in [-0.15, -0.1) is 12.6 Å². The molecule has 230 valence electrons. The minimum absolute atomic E-state index is 0.0358. The number of benzene rings is 1. The number of carbonyl (C=O) groups is 3. The Morgan fingerprint density at radius 2 is 1.95 bits per heavy atom. The highest BCUT2D eigenvalue weighted by Gasteiger charge is 2.70. The van der Waals surface area contributed by atoms with E-state index in [4.69, 9.17) is 19.0 Å². The zero-order valence-electron chi connectivity index (χ0n) is 25.0. The third-order valence-electron chi connectivity index (χ3n) is 11.4. The number of thiol groups is 1. The lowest BCUT2D eigenvalue weighted by molar-refractivity contribution is -0.174. The third-order valence-corrected chi connectivity index (χ3v) is 11.8. The number of rotatable bonds is 5. The fraction of sp³-hybridized carbons (Fsp3) is 0.471. The largest absolute Gasteiger partial charge is 0.465 e. The van der Waals surface area contributed by atoms with Crippen LogP contribution in [0.2, 0.25) is 0 Å². The summed E-state index contributed by atoms with van der Waals surface area (Å²) in [5, 5.41) is 16.2. The Balaban J connectivity index is 1.21. The van der Waals surface area contributed by atoms with Crippen molar-refractivity contribution in [1.82, 2.24) is 9.78 Å². The second-order valence-corrected chi connectivity index (χ2v) is 13.7. The number of ether oxygens (including phenoxy) is 2. The van der Waals surface area contributed by atoms with Crippen LogP contribution in [0.1, 0.15) is 78.1 Å². The van der Waals surface area contributed by atoms with Crippen LogP contribution in [-0.2, 0) is 20.7 Å². The van der Waals surface area contributed by atoms with Crippen LogP contribution in [0.25, 0.3) is 11.8 Å². The number of methoxy groups -OCH3 is 1. The highest BCUT2D eigenvalue weighted by Crippen LogP contribution is 2.68. The fourth-order valence-corrected chi connectivity index (χ4v) is 9.84. The number of aliphatic hydroxyl groups is 1. The molecule has 0 radical (unpaired) electrons. The van der Waals surface area contributed by atoms with Gasteiger partial charge in [0.1, 0.15) is 0 Å². The molecule has 0 aliphatic heterocycles. The van der Waals surface area contributed by atoms with Gasteiger partial charge in [0.25, 0.3) is 0 Å². The van der Waals surface area contributed by atoms with Gasteiger partial charge in [-0.1, -0.05) is 25.5 Å². The quantitative estimate of drug-likeness (QED) is 0.287. The molecular weight excluding hydrogens is 580 g/mol. The second kappa shape index (κ2) is 10.2. The Labute approximate surface area is 261 Å². The first-order valence-electron chi connectivity index (χ1n) is 15.2. The maximum Gasteiger partial charge on any atom is 0.375 e. The molecule has 0 amide bonds. The smallest absolute Gasteiger partial charge is 0.375 e. The molecule has 44 heavy (non-hydrogen) atoms. The zero-order chi connectivity index (χ0) is 31.0. The van der Waals surface area contributed by atoms with Gasteiger partial charge >= 0.3 is 11.9 Å². The number of aliphatic hydroxyl groups excluding tert-OH is 1. The van der Waals surface area contributed by atoms with E-state index in [9.17, 15) is 19.5 Å². The average molecular weight is 617 g/mol. The summed E-state index contributed by atoms with van der Waals surface area (Å²) in [5.41, 5.74) is 2.05. The molecule has 2 heterocycles. The van der Waals surface area contributed by atoms with Gasteiger partial charge in [-0.05, 0) is 104 Å². The lowest BCUT2D eigenvalue weighted by Crippen LogP contribution is -2.62. The van der Waals surface area contributed by atoms with Gasteiger partial charge in [-0.3, -0.25) is 4.79 Å². The molecule has 3 saturated carbocycles. The van der Waals surface area contributed by atoms with E-state index in [0.717, 1.165) is 36.2 Å². The molecule has 0 bridgehead atoms. The first-order valence-corrected chi connectivity index (χ1v) is 15.6. The molecule has 0 spiro atoms. The highest BCUT2D eigenvalue weighted by atomic mass is 32.1. The first-order chi connectivity index (χ1) is 21.0. The van der Waals surface area contributed by atoms with Crippen molar-refractivity contribution in [2.45, 2.75) is 64.1 Å². The van der Waals surface area contributed by atoms with Crippen LogP contribution >= 0.6 is 12.6 Å². The number of nitrogens with zero attached hydrogens (tertiary/aromatic N) is 2. The Morgan fingerprint density at radius 3 is 2.68 bits per heavy atom. The summed E-state index contributed by atoms with van der Waals surface area (Å²) in [7, 11) is 1.37. The topological polar surface area (TPSA) is 121 Å². The van der Waals surface area contributed by atoms with E-state index < -0.39 is 34.2 Å². The van der Waals surface area contributed by atoms with Gasteiger partial charge in [0.15, 0.2) is 5.60 Å². The van der Waals surface area contributed by atoms with Crippen LogP contribution in [0.15, 0.2) is 58.8 Å². The predicted molar refractivity (Wildman–Crippen MR) is 163 cm³/mol. The number of furan rings is 1. The number of allylic oxidation sites excluding steroid dienone is 1. The van der Waals surface area contributed by atoms with Crippen LogP contribution in [0.4, 0.5) is 0 Å². The maximum atomic E-state index is 13.3. The minimum Gasteiger partial charge on any atom is -0.465 e. The summed E-state index contributed by atoms with van der Waals surface area (Å²) >= 11 is 4.27. The first kappa shape index (κ1) is 29.1. The molecule has 2 aromatic heterocycles. The van der Waals surface area contributed by atoms with Crippen molar-refractivity contribution in [2.75, 3.05) is 7.11 Å². The van der Waals surface area contributed by atoms with E-state index in [1.54, 1.807) is 18.2 Å². The van der Waals surface area contributed by atoms with Gasteiger partial charge in [-0.25, -0.2) is 14.3 Å². The molecule has 0 unspecified atom stereocenters. The minimum atomic E-state index is -1.45. The number of carbonyl (C=O) groups excluding carboxylic acids is 3. The van der Waals surface area contributed by atoms with E-state index in [-0.39, 0.29) is 28.9 Å². The van der Waals surface area contributed by atoms with Gasteiger partial charge in [0.05, 0.1) is 42.6 Å². The summed E-state index contributed by atoms with van der Waals surface area (Å²) < 4.78 is 18.1. The molecule has 7 atom stereocenters. The Kier molecular flexibility index (Phi) is 6.75. The second-order valence-electron chi connectivity index (χ2n) is 13.3. The summed E-state index contributed by atoms with van der Waals surface area (Å²) in [6.07, 6.45) is 8.60. The molecule has 3 fully saturated rings. The molecular formula is C34H36N2O7S. The van der Waals surface area contributed by atoms with Crippen LogP contribution in [-0.4, -0.2) is 50.8 Å². The van der Waals surface area contributed by atoms with E-state index >= 15 is 0 Å². The lowest BCUT2D eigenvalue weighted by Gasteiger charge is -2.60. The maximum absolute atomic E-state index is 13.3. The number of hydrogen-bond acceptors (Lipinski definition) is 8. The van der Waals surface area contributed by atoms with Crippen LogP contribution in [0.3, 0.4) is 0 Å². The molecule has 4 aliphatic rings. The van der Waals surface area contributed by atoms with Gasteiger partial charge in [0, 0.05) is 5.41 Å². The molecule has 1 N–H and O–H groups in total. The van der Waals surface area contributed by atoms with Crippen molar-refractivity contribution < 1.29 is 33.4 Å². The van der Waals surface area contributed by atoms with Crippen LogP contribution < -0.4 is 0 Å². The standard InChI is InChI=1S/C34H36N2O7S/c1-32-16-20-18-35-36(22-7-4-6-19(14-22)29(38)41-3)25(20)15-21(32)9-10-23-24-11-12-34(31(40)44,33(24,2)17-26(37)28(23)32)43-30(39)27-8-5-13-42-27/h4-8,13-15,18,23-24,26,28,37H,9-12,16-17H2,1-3H3,(H,40,44)/t23-,24-,26-,28+,32-,33-,34-/m0/s1. The number of aromatic nitrogens is 2. The normalized spacial score (nSPS) is 33.7. The summed E-state index contributed by atoms with van der Waals surface area (Å²) in [6.45, 7) is 4.25. The SMILES string of the molecule is COC(=O)c1cccc(-n2ncc3c2C=C2CC[C@@H]4[C@H]([C@@H](O)C[C@@]5(C)[C@H]4CC[C@]5(OC(=O)c4ccco4)C(=O)S)[C@@]2(C)C3)c1. The molecule has 3 aromatic rings. The van der Waals surface area contributed by atoms with E-state index in [0.29, 0.717) is 24.8 Å². The van der Waals surface area contributed by atoms with E-state index in [2.05, 4.69) is 25.6 Å². The molecule has 1 aromatic carbocycles.